The van der Waals surface area contributed by atoms with Gasteiger partial charge in [0.15, 0.2) is 9.84 Å². The topological polar surface area (TPSA) is 66.5 Å². The minimum atomic E-state index is -3.00. The molecule has 2 aromatic carbocycles. The summed E-state index contributed by atoms with van der Waals surface area (Å²) in [4.78, 5) is 14.2. The highest BCUT2D eigenvalue weighted by atomic mass is 32.2. The molecule has 144 valence electrons. The summed E-state index contributed by atoms with van der Waals surface area (Å²) in [5, 5.41) is 3.37. The van der Waals surface area contributed by atoms with Crippen LogP contribution in [0.5, 0.6) is 0 Å². The highest BCUT2D eigenvalue weighted by Gasteiger charge is 2.32. The SMILES string of the molecule is CN(C(=O)CN[C@H](Cc1ccccc1)c1ccccc1)[C@@H]1CCS(=O)(=O)C1. The number of likely N-dealkylation sites (N-methyl/N-ethyl adjacent to an activating group) is 1. The largest absolute Gasteiger partial charge is 0.341 e. The average molecular weight is 387 g/mol. The Balaban J connectivity index is 1.64. The van der Waals surface area contributed by atoms with Gasteiger partial charge in [-0.1, -0.05) is 60.7 Å². The number of nitrogens with zero attached hydrogens (tertiary/aromatic N) is 1. The molecule has 27 heavy (non-hydrogen) atoms. The van der Waals surface area contributed by atoms with Gasteiger partial charge in [0.25, 0.3) is 0 Å². The van der Waals surface area contributed by atoms with Gasteiger partial charge in [-0.25, -0.2) is 8.42 Å². The van der Waals surface area contributed by atoms with Gasteiger partial charge in [0.2, 0.25) is 5.91 Å². The van der Waals surface area contributed by atoms with E-state index in [4.69, 9.17) is 0 Å². The maximum Gasteiger partial charge on any atom is 0.236 e. The fraction of sp³-hybridized carbons (Fsp3) is 0.381. The van der Waals surface area contributed by atoms with Crippen molar-refractivity contribution in [2.45, 2.75) is 24.9 Å². The normalized spacial score (nSPS) is 19.5. The number of hydrogen-bond donors (Lipinski definition) is 1. The van der Waals surface area contributed by atoms with Crippen molar-refractivity contribution in [1.82, 2.24) is 10.2 Å². The molecule has 0 radical (unpaired) electrons. The van der Waals surface area contributed by atoms with E-state index in [0.717, 1.165) is 12.0 Å². The standard InChI is InChI=1S/C21H26N2O3S/c1-23(19-12-13-27(25,26)16-19)21(24)15-22-20(18-10-6-3-7-11-18)14-17-8-4-2-5-9-17/h2-11,19-20,22H,12-16H2,1H3/t19-,20-/m1/s1. The van der Waals surface area contributed by atoms with E-state index in [-0.39, 0.29) is 36.0 Å². The molecule has 1 fully saturated rings. The molecule has 0 aromatic heterocycles. The summed E-state index contributed by atoms with van der Waals surface area (Å²) in [6, 6.07) is 20.0. The lowest BCUT2D eigenvalue weighted by molar-refractivity contribution is -0.130. The van der Waals surface area contributed by atoms with Gasteiger partial charge in [-0.15, -0.1) is 0 Å². The Morgan fingerprint density at radius 2 is 1.74 bits per heavy atom. The number of amides is 1. The van der Waals surface area contributed by atoms with Crippen LogP contribution in [-0.4, -0.2) is 50.4 Å². The van der Waals surface area contributed by atoms with Crippen molar-refractivity contribution in [3.63, 3.8) is 0 Å². The van der Waals surface area contributed by atoms with Gasteiger partial charge < -0.3 is 10.2 Å². The van der Waals surface area contributed by atoms with Crippen molar-refractivity contribution in [3.8, 4) is 0 Å². The molecule has 1 N–H and O–H groups in total. The number of carbonyl (C=O) groups is 1. The predicted octanol–water partition coefficient (Wildman–Crippen LogP) is 2.21. The first-order valence-corrected chi connectivity index (χ1v) is 11.0. The fourth-order valence-electron chi connectivity index (χ4n) is 3.46. The molecule has 2 atom stereocenters. The monoisotopic (exact) mass is 386 g/mol. The zero-order valence-electron chi connectivity index (χ0n) is 15.5. The Labute approximate surface area is 161 Å². The van der Waals surface area contributed by atoms with Crippen LogP contribution in [-0.2, 0) is 21.1 Å². The lowest BCUT2D eigenvalue weighted by Gasteiger charge is -2.25. The summed E-state index contributed by atoms with van der Waals surface area (Å²) in [6.07, 6.45) is 1.30. The Morgan fingerprint density at radius 1 is 1.11 bits per heavy atom. The molecular formula is C21H26N2O3S. The molecule has 0 spiro atoms. The Kier molecular flexibility index (Phi) is 6.29. The molecule has 1 aliphatic heterocycles. The Bertz CT molecular complexity index is 854. The highest BCUT2D eigenvalue weighted by Crippen LogP contribution is 2.19. The van der Waals surface area contributed by atoms with Crippen LogP contribution in [0.3, 0.4) is 0 Å². The van der Waals surface area contributed by atoms with Crippen molar-refractivity contribution >= 4 is 15.7 Å². The summed E-state index contributed by atoms with van der Waals surface area (Å²) >= 11 is 0. The number of nitrogens with one attached hydrogen (secondary N) is 1. The van der Waals surface area contributed by atoms with Crippen LogP contribution in [0.4, 0.5) is 0 Å². The molecular weight excluding hydrogens is 360 g/mol. The van der Waals surface area contributed by atoms with Crippen LogP contribution in [0, 0.1) is 0 Å². The zero-order chi connectivity index (χ0) is 19.3. The van der Waals surface area contributed by atoms with Crippen LogP contribution >= 0.6 is 0 Å². The van der Waals surface area contributed by atoms with E-state index in [1.807, 2.05) is 36.4 Å². The quantitative estimate of drug-likeness (QED) is 0.792. The van der Waals surface area contributed by atoms with Crippen LogP contribution in [0.1, 0.15) is 23.6 Å². The van der Waals surface area contributed by atoms with Gasteiger partial charge in [0.1, 0.15) is 0 Å². The molecule has 3 rings (SSSR count). The smallest absolute Gasteiger partial charge is 0.236 e. The van der Waals surface area contributed by atoms with Crippen LogP contribution in [0.15, 0.2) is 60.7 Å². The average Bonchev–Trinajstić information content (AvgIpc) is 3.05. The van der Waals surface area contributed by atoms with E-state index >= 15 is 0 Å². The minimum Gasteiger partial charge on any atom is -0.341 e. The third kappa shape index (κ3) is 5.40. The van der Waals surface area contributed by atoms with E-state index in [2.05, 4.69) is 29.6 Å². The molecule has 0 aliphatic carbocycles. The number of rotatable bonds is 7. The van der Waals surface area contributed by atoms with Gasteiger partial charge in [0.05, 0.1) is 18.1 Å². The summed E-state index contributed by atoms with van der Waals surface area (Å²) in [5.74, 6) is 0.163. The molecule has 1 amide bonds. The summed E-state index contributed by atoms with van der Waals surface area (Å²) in [5.41, 5.74) is 2.32. The van der Waals surface area contributed by atoms with E-state index in [1.165, 1.54) is 5.56 Å². The van der Waals surface area contributed by atoms with Gasteiger partial charge in [-0.05, 0) is 24.0 Å². The van der Waals surface area contributed by atoms with E-state index in [0.29, 0.717) is 6.42 Å². The lowest BCUT2D eigenvalue weighted by Crippen LogP contribution is -2.43. The summed E-state index contributed by atoms with van der Waals surface area (Å²) in [7, 11) is -1.30. The van der Waals surface area contributed by atoms with Crippen molar-refractivity contribution in [3.05, 3.63) is 71.8 Å². The molecule has 1 aliphatic rings. The number of carbonyl (C=O) groups excluding carboxylic acids is 1. The first-order valence-electron chi connectivity index (χ1n) is 9.23. The summed E-state index contributed by atoms with van der Waals surface area (Å²) in [6.45, 7) is 0.180. The molecule has 1 saturated heterocycles. The maximum atomic E-state index is 12.6. The number of sulfone groups is 1. The summed E-state index contributed by atoms with van der Waals surface area (Å²) < 4.78 is 23.3. The second-order valence-electron chi connectivity index (χ2n) is 7.10. The van der Waals surface area contributed by atoms with Crippen LogP contribution in [0.25, 0.3) is 0 Å². The van der Waals surface area contributed by atoms with Gasteiger partial charge >= 0.3 is 0 Å². The highest BCUT2D eigenvalue weighted by molar-refractivity contribution is 7.91. The van der Waals surface area contributed by atoms with Gasteiger partial charge in [0, 0.05) is 19.1 Å². The third-order valence-electron chi connectivity index (χ3n) is 5.13. The molecule has 1 heterocycles. The van der Waals surface area contributed by atoms with E-state index in [9.17, 15) is 13.2 Å². The van der Waals surface area contributed by atoms with Crippen LogP contribution in [0.2, 0.25) is 0 Å². The van der Waals surface area contributed by atoms with Gasteiger partial charge in [-0.2, -0.15) is 0 Å². The molecule has 0 bridgehead atoms. The predicted molar refractivity (Wildman–Crippen MR) is 107 cm³/mol. The molecule has 2 aromatic rings. The molecule has 0 saturated carbocycles. The van der Waals surface area contributed by atoms with Crippen molar-refractivity contribution < 1.29 is 13.2 Å². The zero-order valence-corrected chi connectivity index (χ0v) is 16.4. The lowest BCUT2D eigenvalue weighted by atomic mass is 9.99. The molecule has 6 heteroatoms. The third-order valence-corrected chi connectivity index (χ3v) is 6.88. The fourth-order valence-corrected chi connectivity index (χ4v) is 5.24. The van der Waals surface area contributed by atoms with E-state index < -0.39 is 9.84 Å². The maximum absolute atomic E-state index is 12.6. The van der Waals surface area contributed by atoms with E-state index in [1.54, 1.807) is 11.9 Å². The minimum absolute atomic E-state index is 0.0123. The first-order chi connectivity index (χ1) is 12.9. The van der Waals surface area contributed by atoms with Crippen molar-refractivity contribution in [2.75, 3.05) is 25.1 Å². The van der Waals surface area contributed by atoms with Crippen molar-refractivity contribution in [1.29, 1.82) is 0 Å². The first kappa shape index (κ1) is 19.6. The second-order valence-corrected chi connectivity index (χ2v) is 9.32. The number of benzene rings is 2. The number of hydrogen-bond acceptors (Lipinski definition) is 4. The van der Waals surface area contributed by atoms with Gasteiger partial charge in [-0.3, -0.25) is 4.79 Å². The van der Waals surface area contributed by atoms with Crippen molar-refractivity contribution in [2.24, 2.45) is 0 Å². The Hall–Kier alpha value is -2.18. The second kappa shape index (κ2) is 8.67. The molecule has 0 unspecified atom stereocenters. The molecule has 5 nitrogen and oxygen atoms in total. The Morgan fingerprint density at radius 3 is 2.33 bits per heavy atom. The van der Waals surface area contributed by atoms with Crippen LogP contribution < -0.4 is 5.32 Å².